The molecule has 9 heteroatoms. The van der Waals surface area contributed by atoms with Gasteiger partial charge < -0.3 is 15.2 Å². The molecule has 3 heterocycles. The molecule has 3 aromatic rings. The van der Waals surface area contributed by atoms with Crippen LogP contribution in [-0.2, 0) is 4.74 Å². The summed E-state index contributed by atoms with van der Waals surface area (Å²) in [5.74, 6) is 0.474. The molecule has 0 radical (unpaired) electrons. The first kappa shape index (κ1) is 25.2. The summed E-state index contributed by atoms with van der Waals surface area (Å²) in [6.45, 7) is 6.39. The highest BCUT2D eigenvalue weighted by Crippen LogP contribution is 2.37. The minimum Gasteiger partial charge on any atom is -0.505 e. The van der Waals surface area contributed by atoms with E-state index in [4.69, 9.17) is 32.9 Å². The topological polar surface area (TPSA) is 87.6 Å². The van der Waals surface area contributed by atoms with Gasteiger partial charge in [-0.05, 0) is 62.8 Å². The lowest BCUT2D eigenvalue weighted by atomic mass is 9.85. The normalized spacial score (nSPS) is 21.0. The number of morpholine rings is 1. The molecule has 0 unspecified atom stereocenters. The number of carbonyl (C=O) groups excluding carboxylic acids is 1. The number of anilines is 1. The van der Waals surface area contributed by atoms with Crippen molar-refractivity contribution >= 4 is 45.7 Å². The van der Waals surface area contributed by atoms with Crippen LogP contribution in [0.1, 0.15) is 43.0 Å². The molecule has 1 aliphatic heterocycles. The number of nitrogens with one attached hydrogen (secondary N) is 1. The van der Waals surface area contributed by atoms with E-state index in [0.717, 1.165) is 64.2 Å². The number of nitrogens with zero attached hydrogens (tertiary/aromatic N) is 3. The molecule has 1 aromatic carbocycles. The third-order valence-electron chi connectivity index (χ3n) is 7.22. The second-order valence-corrected chi connectivity index (χ2v) is 10.5. The molecule has 0 spiro atoms. The van der Waals surface area contributed by atoms with Gasteiger partial charge in [-0.2, -0.15) is 0 Å². The third kappa shape index (κ3) is 5.44. The van der Waals surface area contributed by atoms with E-state index < -0.39 is 0 Å². The molecule has 2 N–H and O–H groups in total. The molecule has 2 fully saturated rings. The highest BCUT2D eigenvalue weighted by atomic mass is 35.5. The number of hydrogen-bond donors (Lipinski definition) is 2. The van der Waals surface area contributed by atoms with Gasteiger partial charge in [0, 0.05) is 37.4 Å². The number of pyridine rings is 2. The SMILES string of the molecule is CC(=O)c1cnc2ccc(-c3cc(Cl)c(O)c(Cl)c3)nc2c1NC1CCC(CN2CCOCC2)CC1. The number of aromatic nitrogens is 2. The second-order valence-electron chi connectivity index (χ2n) is 9.73. The Bertz CT molecular complexity index is 1250. The van der Waals surface area contributed by atoms with Crippen molar-refractivity contribution in [1.82, 2.24) is 14.9 Å². The average Bonchev–Trinajstić information content (AvgIpc) is 2.88. The first-order chi connectivity index (χ1) is 17.4. The Morgan fingerprint density at radius 2 is 1.83 bits per heavy atom. The van der Waals surface area contributed by atoms with E-state index in [1.54, 1.807) is 25.3 Å². The number of hydrogen-bond acceptors (Lipinski definition) is 7. The summed E-state index contributed by atoms with van der Waals surface area (Å²) < 4.78 is 5.48. The Kier molecular flexibility index (Phi) is 7.62. The van der Waals surface area contributed by atoms with Crippen LogP contribution in [0.2, 0.25) is 10.0 Å². The van der Waals surface area contributed by atoms with E-state index in [2.05, 4.69) is 15.2 Å². The van der Waals surface area contributed by atoms with Crippen LogP contribution in [0.5, 0.6) is 5.75 Å². The van der Waals surface area contributed by atoms with E-state index in [-0.39, 0.29) is 27.6 Å². The van der Waals surface area contributed by atoms with Crippen molar-refractivity contribution in [2.24, 2.45) is 5.92 Å². The van der Waals surface area contributed by atoms with Crippen LogP contribution in [0.25, 0.3) is 22.3 Å². The van der Waals surface area contributed by atoms with Gasteiger partial charge in [-0.1, -0.05) is 23.2 Å². The van der Waals surface area contributed by atoms with Crippen molar-refractivity contribution in [3.05, 3.63) is 46.1 Å². The number of phenolic OH excluding ortho intramolecular Hbond substituents is 1. The molecular weight excluding hydrogens is 499 g/mol. The minimum atomic E-state index is -0.157. The maximum atomic E-state index is 12.5. The highest BCUT2D eigenvalue weighted by Gasteiger charge is 2.26. The molecule has 1 aliphatic carbocycles. The summed E-state index contributed by atoms with van der Waals surface area (Å²) >= 11 is 12.3. The van der Waals surface area contributed by atoms with Crippen LogP contribution < -0.4 is 5.32 Å². The number of phenols is 1. The molecule has 0 atom stereocenters. The zero-order chi connectivity index (χ0) is 25.2. The van der Waals surface area contributed by atoms with Gasteiger partial charge in [0.1, 0.15) is 5.52 Å². The zero-order valence-electron chi connectivity index (χ0n) is 20.3. The third-order valence-corrected chi connectivity index (χ3v) is 7.80. The quantitative estimate of drug-likeness (QED) is 0.390. The van der Waals surface area contributed by atoms with Crippen molar-refractivity contribution < 1.29 is 14.6 Å². The summed E-state index contributed by atoms with van der Waals surface area (Å²) in [5.41, 5.74) is 3.89. The van der Waals surface area contributed by atoms with E-state index in [1.807, 2.05) is 12.1 Å². The largest absolute Gasteiger partial charge is 0.505 e. The maximum Gasteiger partial charge on any atom is 0.163 e. The van der Waals surface area contributed by atoms with Gasteiger partial charge in [-0.25, -0.2) is 4.98 Å². The van der Waals surface area contributed by atoms with Crippen LogP contribution in [0.4, 0.5) is 5.69 Å². The number of carbonyl (C=O) groups is 1. The van der Waals surface area contributed by atoms with Gasteiger partial charge in [0.2, 0.25) is 0 Å². The Morgan fingerprint density at radius 1 is 1.14 bits per heavy atom. The number of Topliss-reactive ketones (excluding diaryl/α,β-unsaturated/α-hetero) is 1. The molecule has 1 saturated heterocycles. The predicted molar refractivity (Wildman–Crippen MR) is 143 cm³/mol. The number of halogens is 2. The minimum absolute atomic E-state index is 0.0594. The van der Waals surface area contributed by atoms with Crippen LogP contribution in [0.3, 0.4) is 0 Å². The molecule has 0 amide bonds. The molecule has 190 valence electrons. The van der Waals surface area contributed by atoms with Crippen molar-refractivity contribution in [2.75, 3.05) is 38.2 Å². The molecule has 1 saturated carbocycles. The van der Waals surface area contributed by atoms with E-state index in [0.29, 0.717) is 33.8 Å². The summed E-state index contributed by atoms with van der Waals surface area (Å²) in [6, 6.07) is 7.23. The number of ether oxygens (including phenoxy) is 1. The molecule has 36 heavy (non-hydrogen) atoms. The maximum absolute atomic E-state index is 12.5. The molecule has 5 rings (SSSR count). The van der Waals surface area contributed by atoms with Crippen molar-refractivity contribution in [1.29, 1.82) is 0 Å². The first-order valence-corrected chi connectivity index (χ1v) is 13.2. The number of benzene rings is 1. The summed E-state index contributed by atoms with van der Waals surface area (Å²) in [7, 11) is 0. The van der Waals surface area contributed by atoms with Crippen molar-refractivity contribution in [2.45, 2.75) is 38.6 Å². The number of aromatic hydroxyl groups is 1. The number of fused-ring (bicyclic) bond motifs is 1. The van der Waals surface area contributed by atoms with Gasteiger partial charge in [0.15, 0.2) is 11.5 Å². The lowest BCUT2D eigenvalue weighted by molar-refractivity contribution is 0.0276. The Morgan fingerprint density at radius 3 is 2.50 bits per heavy atom. The van der Waals surface area contributed by atoms with Crippen LogP contribution in [-0.4, -0.2) is 64.6 Å². The van der Waals surface area contributed by atoms with Gasteiger partial charge >= 0.3 is 0 Å². The van der Waals surface area contributed by atoms with Crippen LogP contribution >= 0.6 is 23.2 Å². The second kappa shape index (κ2) is 10.9. The average molecular weight is 529 g/mol. The molecule has 0 bridgehead atoms. The zero-order valence-corrected chi connectivity index (χ0v) is 21.8. The van der Waals surface area contributed by atoms with E-state index in [1.165, 1.54) is 0 Å². The smallest absolute Gasteiger partial charge is 0.163 e. The van der Waals surface area contributed by atoms with Gasteiger partial charge in [-0.3, -0.25) is 14.7 Å². The Balaban J connectivity index is 1.40. The van der Waals surface area contributed by atoms with Gasteiger partial charge in [0.05, 0.1) is 45.7 Å². The fourth-order valence-electron chi connectivity index (χ4n) is 5.20. The lowest BCUT2D eigenvalue weighted by Gasteiger charge is -2.35. The molecule has 2 aliphatic rings. The number of ketones is 1. The fraction of sp³-hybridized carbons (Fsp3) is 0.444. The highest BCUT2D eigenvalue weighted by molar-refractivity contribution is 6.37. The monoisotopic (exact) mass is 528 g/mol. The van der Waals surface area contributed by atoms with Crippen LogP contribution in [0, 0.1) is 5.92 Å². The van der Waals surface area contributed by atoms with Crippen molar-refractivity contribution in [3.8, 4) is 17.0 Å². The van der Waals surface area contributed by atoms with Gasteiger partial charge in [0.25, 0.3) is 0 Å². The Labute approximate surface area is 220 Å². The van der Waals surface area contributed by atoms with E-state index >= 15 is 0 Å². The first-order valence-electron chi connectivity index (χ1n) is 12.4. The molecular formula is C27H30Cl2N4O3. The van der Waals surface area contributed by atoms with Gasteiger partial charge in [-0.15, -0.1) is 0 Å². The fourth-order valence-corrected chi connectivity index (χ4v) is 5.68. The molecule has 2 aromatic heterocycles. The standard InChI is InChI=1S/C27H30Cl2N4O3/c1-16(34)20-14-30-24-7-6-23(18-12-21(28)27(35)22(29)13-18)32-26(24)25(20)31-19-4-2-17(3-5-19)15-33-8-10-36-11-9-33/h6-7,12-14,17,19,35H,2-5,8-11,15H2,1H3,(H,30,31). The summed E-state index contributed by atoms with van der Waals surface area (Å²) in [5, 5.41) is 13.9. The van der Waals surface area contributed by atoms with E-state index in [9.17, 15) is 9.90 Å². The van der Waals surface area contributed by atoms with Crippen molar-refractivity contribution in [3.63, 3.8) is 0 Å². The lowest BCUT2D eigenvalue weighted by Crippen LogP contribution is -2.40. The predicted octanol–water partition coefficient (Wildman–Crippen LogP) is 5.81. The van der Waals surface area contributed by atoms with Crippen LogP contribution in [0.15, 0.2) is 30.5 Å². The number of rotatable bonds is 6. The summed E-state index contributed by atoms with van der Waals surface area (Å²) in [6.07, 6.45) is 6.01. The Hall–Kier alpha value is -2.45. The summed E-state index contributed by atoms with van der Waals surface area (Å²) in [4.78, 5) is 24.4. The molecule has 7 nitrogen and oxygen atoms in total.